The smallest absolute Gasteiger partial charge is 0.137 e. The van der Waals surface area contributed by atoms with Gasteiger partial charge in [-0.05, 0) is 36.6 Å². The molecule has 6 heteroatoms. The van der Waals surface area contributed by atoms with Crippen LogP contribution < -0.4 is 0 Å². The molecule has 0 saturated carbocycles. The second-order valence-electron chi connectivity index (χ2n) is 6.78. The molecule has 3 atom stereocenters. The van der Waals surface area contributed by atoms with E-state index >= 15 is 0 Å². The third-order valence-corrected chi connectivity index (χ3v) is 5.27. The molecule has 0 spiro atoms. The lowest BCUT2D eigenvalue weighted by Crippen LogP contribution is -2.31. The molecule has 1 aromatic carbocycles. The number of hydrogen-bond acceptors (Lipinski definition) is 4. The lowest BCUT2D eigenvalue weighted by atomic mass is 9.89. The average molecular weight is 315 g/mol. The molecule has 0 unspecified atom stereocenters. The highest BCUT2D eigenvalue weighted by molar-refractivity contribution is 5.23. The molecule has 2 aliphatic rings. The predicted molar refractivity (Wildman–Crippen MR) is 85.2 cm³/mol. The maximum Gasteiger partial charge on any atom is 0.137 e. The van der Waals surface area contributed by atoms with Crippen LogP contribution in [-0.4, -0.2) is 57.8 Å². The quantitative estimate of drug-likeness (QED) is 0.860. The zero-order valence-corrected chi connectivity index (χ0v) is 13.3. The Kier molecular flexibility index (Phi) is 3.87. The molecule has 0 N–H and O–H groups in total. The maximum absolute atomic E-state index is 13.6. The summed E-state index contributed by atoms with van der Waals surface area (Å²) in [6, 6.07) is 7.43. The molecule has 2 fully saturated rings. The number of benzene rings is 1. The van der Waals surface area contributed by atoms with E-state index in [1.54, 1.807) is 18.7 Å². The molecule has 0 aliphatic carbocycles. The normalized spacial score (nSPS) is 28.3. The zero-order chi connectivity index (χ0) is 15.8. The maximum atomic E-state index is 13.6. The molecule has 2 aromatic rings. The van der Waals surface area contributed by atoms with Crippen molar-refractivity contribution in [3.63, 3.8) is 0 Å². The van der Waals surface area contributed by atoms with Gasteiger partial charge in [0, 0.05) is 32.2 Å². The molecular formula is C17H22FN5. The predicted octanol–water partition coefficient (Wildman–Crippen LogP) is 1.65. The van der Waals surface area contributed by atoms with Crippen LogP contribution in [-0.2, 0) is 6.54 Å². The number of hydrogen-bond donors (Lipinski definition) is 0. The molecule has 0 radical (unpaired) electrons. The van der Waals surface area contributed by atoms with Crippen LogP contribution >= 0.6 is 0 Å². The molecule has 5 nitrogen and oxygen atoms in total. The first-order chi connectivity index (χ1) is 11.2. The number of nitrogens with zero attached hydrogens (tertiary/aromatic N) is 5. The Morgan fingerprint density at radius 2 is 2.13 bits per heavy atom. The summed E-state index contributed by atoms with van der Waals surface area (Å²) in [7, 11) is 2.16. The SMILES string of the molecule is CN1C[C@H]2CN(CCn3cncn3)C[C@H]2[C@@H]1c1cccc(F)c1. The van der Waals surface area contributed by atoms with Crippen LogP contribution in [0.25, 0.3) is 0 Å². The van der Waals surface area contributed by atoms with E-state index in [-0.39, 0.29) is 5.82 Å². The molecule has 122 valence electrons. The van der Waals surface area contributed by atoms with Gasteiger partial charge in [0.15, 0.2) is 0 Å². The summed E-state index contributed by atoms with van der Waals surface area (Å²) >= 11 is 0. The summed E-state index contributed by atoms with van der Waals surface area (Å²) in [6.07, 6.45) is 3.34. The van der Waals surface area contributed by atoms with E-state index < -0.39 is 0 Å². The zero-order valence-electron chi connectivity index (χ0n) is 13.3. The van der Waals surface area contributed by atoms with Gasteiger partial charge in [-0.15, -0.1) is 0 Å². The summed E-state index contributed by atoms with van der Waals surface area (Å²) in [5.41, 5.74) is 1.11. The second-order valence-corrected chi connectivity index (χ2v) is 6.78. The highest BCUT2D eigenvalue weighted by Crippen LogP contribution is 2.43. The van der Waals surface area contributed by atoms with E-state index in [2.05, 4.69) is 33.0 Å². The van der Waals surface area contributed by atoms with E-state index in [4.69, 9.17) is 0 Å². The van der Waals surface area contributed by atoms with Gasteiger partial charge in [0.05, 0.1) is 6.54 Å². The van der Waals surface area contributed by atoms with Crippen molar-refractivity contribution < 1.29 is 4.39 Å². The van der Waals surface area contributed by atoms with Gasteiger partial charge < -0.3 is 4.90 Å². The molecule has 0 bridgehead atoms. The van der Waals surface area contributed by atoms with Crippen molar-refractivity contribution in [3.05, 3.63) is 48.3 Å². The van der Waals surface area contributed by atoms with Crippen LogP contribution in [0.3, 0.4) is 0 Å². The number of halogens is 1. The van der Waals surface area contributed by atoms with Crippen LogP contribution in [0.2, 0.25) is 0 Å². The fraction of sp³-hybridized carbons (Fsp3) is 0.529. The number of fused-ring (bicyclic) bond motifs is 1. The minimum Gasteiger partial charge on any atom is -0.301 e. The average Bonchev–Trinajstić information content (AvgIpc) is 3.20. The molecule has 2 saturated heterocycles. The van der Waals surface area contributed by atoms with Crippen molar-refractivity contribution >= 4 is 0 Å². The van der Waals surface area contributed by atoms with Gasteiger partial charge in [0.25, 0.3) is 0 Å². The topological polar surface area (TPSA) is 37.2 Å². The van der Waals surface area contributed by atoms with E-state index in [9.17, 15) is 4.39 Å². The van der Waals surface area contributed by atoms with Crippen LogP contribution in [0.5, 0.6) is 0 Å². The van der Waals surface area contributed by atoms with Crippen molar-refractivity contribution in [2.45, 2.75) is 12.6 Å². The fourth-order valence-electron chi connectivity index (χ4n) is 4.32. The minimum atomic E-state index is -0.139. The number of rotatable bonds is 4. The molecule has 4 rings (SSSR count). The van der Waals surface area contributed by atoms with Crippen molar-refractivity contribution in [3.8, 4) is 0 Å². The summed E-state index contributed by atoms with van der Waals surface area (Å²) < 4.78 is 15.5. The fourth-order valence-corrected chi connectivity index (χ4v) is 4.32. The van der Waals surface area contributed by atoms with Crippen molar-refractivity contribution in [2.75, 3.05) is 33.2 Å². The number of aromatic nitrogens is 3. The van der Waals surface area contributed by atoms with E-state index in [1.165, 1.54) is 6.07 Å². The highest BCUT2D eigenvalue weighted by atomic mass is 19.1. The summed E-state index contributed by atoms with van der Waals surface area (Å²) in [4.78, 5) is 8.88. The standard InChI is InChI=1S/C17H22FN5/c1-21-8-14-9-22(5-6-23-12-19-11-20-23)10-16(14)17(21)13-3-2-4-15(18)7-13/h2-4,7,11-12,14,16-17H,5-6,8-10H2,1H3/t14-,16+,17-/m0/s1. The third-order valence-electron chi connectivity index (χ3n) is 5.27. The Labute approximate surface area is 135 Å². The molecule has 1 aromatic heterocycles. The van der Waals surface area contributed by atoms with Gasteiger partial charge in [-0.25, -0.2) is 9.37 Å². The molecule has 23 heavy (non-hydrogen) atoms. The minimum absolute atomic E-state index is 0.139. The van der Waals surface area contributed by atoms with Gasteiger partial charge in [0.1, 0.15) is 18.5 Å². The van der Waals surface area contributed by atoms with Gasteiger partial charge >= 0.3 is 0 Å². The molecule has 3 heterocycles. The van der Waals surface area contributed by atoms with Crippen molar-refractivity contribution in [2.24, 2.45) is 11.8 Å². The Morgan fingerprint density at radius 3 is 2.91 bits per heavy atom. The lowest BCUT2D eigenvalue weighted by molar-refractivity contribution is 0.222. The molecule has 0 amide bonds. The summed E-state index contributed by atoms with van der Waals surface area (Å²) in [5.74, 6) is 1.11. The van der Waals surface area contributed by atoms with Crippen molar-refractivity contribution in [1.29, 1.82) is 0 Å². The van der Waals surface area contributed by atoms with Crippen LogP contribution in [0, 0.1) is 17.7 Å². The lowest BCUT2D eigenvalue weighted by Gasteiger charge is -2.26. The highest BCUT2D eigenvalue weighted by Gasteiger charge is 2.45. The Balaban J connectivity index is 1.44. The second kappa shape index (κ2) is 6.02. The molecular weight excluding hydrogens is 293 g/mol. The van der Waals surface area contributed by atoms with Crippen molar-refractivity contribution in [1.82, 2.24) is 24.6 Å². The number of likely N-dealkylation sites (tertiary alicyclic amines) is 2. The van der Waals surface area contributed by atoms with E-state index in [0.29, 0.717) is 17.9 Å². The summed E-state index contributed by atoms with van der Waals surface area (Å²) in [6.45, 7) is 5.15. The third kappa shape index (κ3) is 2.88. The van der Waals surface area contributed by atoms with E-state index in [1.807, 2.05) is 10.7 Å². The van der Waals surface area contributed by atoms with Crippen LogP contribution in [0.1, 0.15) is 11.6 Å². The Morgan fingerprint density at radius 1 is 1.22 bits per heavy atom. The van der Waals surface area contributed by atoms with Gasteiger partial charge in [-0.1, -0.05) is 12.1 Å². The first-order valence-electron chi connectivity index (χ1n) is 8.21. The van der Waals surface area contributed by atoms with Gasteiger partial charge in [-0.2, -0.15) is 5.10 Å². The van der Waals surface area contributed by atoms with Crippen LogP contribution in [0.4, 0.5) is 4.39 Å². The first-order valence-corrected chi connectivity index (χ1v) is 8.21. The first kappa shape index (κ1) is 14.8. The van der Waals surface area contributed by atoms with Crippen LogP contribution in [0.15, 0.2) is 36.9 Å². The molecule has 2 aliphatic heterocycles. The Hall–Kier alpha value is -1.79. The summed E-state index contributed by atoms with van der Waals surface area (Å²) in [5, 5.41) is 4.16. The van der Waals surface area contributed by atoms with Gasteiger partial charge in [0.2, 0.25) is 0 Å². The van der Waals surface area contributed by atoms with Gasteiger partial charge in [-0.3, -0.25) is 9.58 Å². The largest absolute Gasteiger partial charge is 0.301 e. The monoisotopic (exact) mass is 315 g/mol. The Bertz CT molecular complexity index is 659. The van der Waals surface area contributed by atoms with E-state index in [0.717, 1.165) is 38.3 Å².